The lowest BCUT2D eigenvalue weighted by molar-refractivity contribution is -0.285. The Balaban J connectivity index is 3.38. The molecule has 0 bridgehead atoms. The van der Waals surface area contributed by atoms with Gasteiger partial charge in [0.2, 0.25) is 5.83 Å². The number of hydrogen-bond donors (Lipinski definition) is 0. The van der Waals surface area contributed by atoms with E-state index in [4.69, 9.17) is 0 Å². The largest absolute Gasteiger partial charge is 0.383 e. The predicted octanol–water partition coefficient (Wildman–Crippen LogP) is 2.91. The Hall–Kier alpha value is -0.970. The second kappa shape index (κ2) is 2.29. The third-order valence-electron chi connectivity index (χ3n) is 1.47. The molecule has 0 radical (unpaired) electrons. The molecule has 0 saturated carbocycles. The summed E-state index contributed by atoms with van der Waals surface area (Å²) in [5, 5.41) is 0. The number of hydrogen-bond acceptors (Lipinski definition) is 0. The van der Waals surface area contributed by atoms with Crippen LogP contribution in [0.2, 0.25) is 0 Å². The molecule has 74 valence electrons. The van der Waals surface area contributed by atoms with Crippen molar-refractivity contribution in [2.45, 2.75) is 17.8 Å². The molecule has 0 spiro atoms. The fourth-order valence-corrected chi connectivity index (χ4v) is 0.682. The van der Waals surface area contributed by atoms with Crippen LogP contribution in [0.1, 0.15) is 0 Å². The monoisotopic (exact) mass is 206 g/mol. The maximum Gasteiger partial charge on any atom is 0.383 e. The summed E-state index contributed by atoms with van der Waals surface area (Å²) >= 11 is 0. The van der Waals surface area contributed by atoms with Crippen LogP contribution in [0.4, 0.5) is 30.7 Å². The quantitative estimate of drug-likeness (QED) is 0.422. The molecule has 0 amide bonds. The first kappa shape index (κ1) is 10.1. The average molecular weight is 206 g/mol. The molecule has 1 aliphatic carbocycles. The summed E-state index contributed by atoms with van der Waals surface area (Å²) in [4.78, 5) is 0. The van der Waals surface area contributed by atoms with E-state index in [-0.39, 0.29) is 0 Å². The Labute approximate surface area is 67.3 Å². The van der Waals surface area contributed by atoms with Crippen LogP contribution in [-0.4, -0.2) is 17.8 Å². The molecule has 1 aliphatic rings. The van der Waals surface area contributed by atoms with Gasteiger partial charge in [-0.2, -0.15) is 30.7 Å². The van der Waals surface area contributed by atoms with Crippen molar-refractivity contribution in [2.24, 2.45) is 0 Å². The predicted molar refractivity (Wildman–Crippen MR) is 27.5 cm³/mol. The number of halogens is 7. The average Bonchev–Trinajstić information content (AvgIpc) is 1.97. The summed E-state index contributed by atoms with van der Waals surface area (Å²) in [5.41, 5.74) is 0.763. The summed E-state index contributed by atoms with van der Waals surface area (Å²) in [5.74, 6) is -19.0. The molecule has 0 unspecified atom stereocenters. The van der Waals surface area contributed by atoms with Crippen molar-refractivity contribution in [3.8, 4) is 0 Å². The van der Waals surface area contributed by atoms with Crippen LogP contribution in [0.3, 0.4) is 0 Å². The number of allylic oxidation sites excluding steroid dienone is 1. The fourth-order valence-electron chi connectivity index (χ4n) is 0.682. The molecule has 0 saturated heterocycles. The Morgan fingerprint density at radius 1 is 1.00 bits per heavy atom. The zero-order valence-electron chi connectivity index (χ0n) is 5.72. The van der Waals surface area contributed by atoms with E-state index in [1.165, 1.54) is 0 Å². The van der Waals surface area contributed by atoms with Crippen molar-refractivity contribution in [1.82, 2.24) is 0 Å². The van der Waals surface area contributed by atoms with Crippen LogP contribution >= 0.6 is 0 Å². The first-order chi connectivity index (χ1) is 5.63. The topological polar surface area (TPSA) is 0 Å². The van der Waals surface area contributed by atoms with Crippen molar-refractivity contribution in [3.63, 3.8) is 0 Å². The van der Waals surface area contributed by atoms with Crippen LogP contribution in [0.15, 0.2) is 17.6 Å². The van der Waals surface area contributed by atoms with E-state index in [0.717, 1.165) is 5.73 Å². The van der Waals surface area contributed by atoms with Gasteiger partial charge in [0.1, 0.15) is 0 Å². The van der Waals surface area contributed by atoms with E-state index in [1.54, 1.807) is 0 Å². The first-order valence-electron chi connectivity index (χ1n) is 2.90. The highest BCUT2D eigenvalue weighted by Gasteiger charge is 2.74. The van der Waals surface area contributed by atoms with Gasteiger partial charge >= 0.3 is 17.8 Å². The van der Waals surface area contributed by atoms with E-state index in [9.17, 15) is 30.7 Å². The Bertz CT molecular complexity index is 294. The molecule has 0 heterocycles. The minimum Gasteiger partial charge on any atom is -0.196 e. The zero-order valence-corrected chi connectivity index (χ0v) is 5.72. The molecule has 0 fully saturated rings. The van der Waals surface area contributed by atoms with E-state index in [1.807, 2.05) is 0 Å². The zero-order chi connectivity index (χ0) is 10.5. The lowest BCUT2D eigenvalue weighted by Gasteiger charge is -2.31. The molecular formula is C6HF7. The van der Waals surface area contributed by atoms with Crippen LogP contribution < -0.4 is 0 Å². The van der Waals surface area contributed by atoms with Crippen molar-refractivity contribution >= 4 is 0 Å². The van der Waals surface area contributed by atoms with Gasteiger partial charge in [-0.15, -0.1) is 0 Å². The van der Waals surface area contributed by atoms with Gasteiger partial charge in [-0.05, 0) is 0 Å². The molecule has 0 atom stereocenters. The Kier molecular flexibility index (Phi) is 1.78. The lowest BCUT2D eigenvalue weighted by atomic mass is 9.99. The summed E-state index contributed by atoms with van der Waals surface area (Å²) in [6.07, 6.45) is -0.709. The summed E-state index contributed by atoms with van der Waals surface area (Å²) in [7, 11) is 0. The van der Waals surface area contributed by atoms with Gasteiger partial charge in [-0.3, -0.25) is 0 Å². The molecule has 0 aromatic rings. The minimum absolute atomic E-state index is 0.709. The fraction of sp³-hybridized carbons (Fsp3) is 0.500. The molecule has 0 aliphatic heterocycles. The summed E-state index contributed by atoms with van der Waals surface area (Å²) in [6, 6.07) is 0. The van der Waals surface area contributed by atoms with Gasteiger partial charge in [0.25, 0.3) is 0 Å². The van der Waals surface area contributed by atoms with Gasteiger partial charge in [-0.25, -0.2) is 0 Å². The second-order valence-corrected chi connectivity index (χ2v) is 2.37. The number of rotatable bonds is 0. The molecule has 0 nitrogen and oxygen atoms in total. The lowest BCUT2D eigenvalue weighted by Crippen LogP contribution is -2.54. The SMILES string of the molecule is FC1=C=CC(F)(F)C(F)(F)C1(F)F. The van der Waals surface area contributed by atoms with Crippen LogP contribution in [0, 0.1) is 0 Å². The summed E-state index contributed by atoms with van der Waals surface area (Å²) < 4.78 is 84.9. The standard InChI is InChI=1S/C6HF7/c7-3-1-2-4(8,9)6(12,13)5(3,10)11/h2H. The maximum absolute atomic E-state index is 12.2. The normalized spacial score (nSPS) is 28.4. The van der Waals surface area contributed by atoms with E-state index in [0.29, 0.717) is 0 Å². The second-order valence-electron chi connectivity index (χ2n) is 2.37. The van der Waals surface area contributed by atoms with Crippen molar-refractivity contribution < 1.29 is 30.7 Å². The number of alkyl halides is 6. The van der Waals surface area contributed by atoms with Gasteiger partial charge in [0, 0.05) is 6.08 Å². The van der Waals surface area contributed by atoms with Gasteiger partial charge < -0.3 is 0 Å². The maximum atomic E-state index is 12.2. The molecule has 1 rings (SSSR count). The van der Waals surface area contributed by atoms with Crippen molar-refractivity contribution in [1.29, 1.82) is 0 Å². The highest BCUT2D eigenvalue weighted by atomic mass is 19.3. The molecule has 0 aromatic heterocycles. The van der Waals surface area contributed by atoms with Crippen molar-refractivity contribution in [2.75, 3.05) is 0 Å². The van der Waals surface area contributed by atoms with Crippen molar-refractivity contribution in [3.05, 3.63) is 17.6 Å². The molecule has 0 aromatic carbocycles. The third kappa shape index (κ3) is 1.07. The van der Waals surface area contributed by atoms with Gasteiger partial charge in [-0.1, -0.05) is 5.73 Å². The molecule has 13 heavy (non-hydrogen) atoms. The highest BCUT2D eigenvalue weighted by Crippen LogP contribution is 2.51. The highest BCUT2D eigenvalue weighted by molar-refractivity contribution is 5.23. The first-order valence-corrected chi connectivity index (χ1v) is 2.90. The Morgan fingerprint density at radius 2 is 1.46 bits per heavy atom. The van der Waals surface area contributed by atoms with Crippen LogP contribution in [-0.2, 0) is 0 Å². The van der Waals surface area contributed by atoms with E-state index in [2.05, 4.69) is 0 Å². The van der Waals surface area contributed by atoms with E-state index < -0.39 is 29.7 Å². The summed E-state index contributed by atoms with van der Waals surface area (Å²) in [6.45, 7) is 0. The van der Waals surface area contributed by atoms with E-state index >= 15 is 0 Å². The molecular weight excluding hydrogens is 205 g/mol. The minimum atomic E-state index is -5.75. The van der Waals surface area contributed by atoms with Gasteiger partial charge in [0.05, 0.1) is 0 Å². The van der Waals surface area contributed by atoms with Crippen LogP contribution in [0.5, 0.6) is 0 Å². The third-order valence-corrected chi connectivity index (χ3v) is 1.47. The molecule has 0 N–H and O–H groups in total. The van der Waals surface area contributed by atoms with Crippen LogP contribution in [0.25, 0.3) is 0 Å². The van der Waals surface area contributed by atoms with Gasteiger partial charge in [0.15, 0.2) is 0 Å². The Morgan fingerprint density at radius 3 is 1.85 bits per heavy atom. The smallest absolute Gasteiger partial charge is 0.196 e. The molecule has 7 heteroatoms.